The minimum Gasteiger partial charge on any atom is -0.326 e. The number of benzene rings is 1. The fraction of sp³-hybridized carbons (Fsp3) is 0.0714. The highest BCUT2D eigenvalue weighted by molar-refractivity contribution is 6.24. The Balaban J connectivity index is 2.24. The van der Waals surface area contributed by atoms with Crippen LogP contribution < -0.4 is 5.32 Å². The number of ketones is 1. The van der Waals surface area contributed by atoms with Crippen LogP contribution in [0, 0.1) is 0 Å². The summed E-state index contributed by atoms with van der Waals surface area (Å²) < 4.78 is 0. The maximum Gasteiger partial charge on any atom is 0.221 e. The molecule has 1 aromatic heterocycles. The molecule has 0 spiro atoms. The second kappa shape index (κ2) is 3.77. The number of anilines is 1. The van der Waals surface area contributed by atoms with Crippen LogP contribution in [0.5, 0.6) is 0 Å². The zero-order chi connectivity index (χ0) is 12.7. The summed E-state index contributed by atoms with van der Waals surface area (Å²) in [6.07, 6.45) is 1.60. The molecule has 18 heavy (non-hydrogen) atoms. The van der Waals surface area contributed by atoms with Crippen LogP contribution in [-0.2, 0) is 4.79 Å². The third-order valence-electron chi connectivity index (χ3n) is 2.92. The number of hydrogen-bond acceptors (Lipinski definition) is 3. The van der Waals surface area contributed by atoms with Crippen LogP contribution in [0.25, 0.3) is 11.3 Å². The van der Waals surface area contributed by atoms with Crippen LogP contribution in [0.3, 0.4) is 0 Å². The quantitative estimate of drug-likeness (QED) is 0.707. The number of amides is 1. The number of fused-ring (bicyclic) bond motifs is 3. The molecule has 0 bridgehead atoms. The Bertz CT molecular complexity index is 677. The Labute approximate surface area is 104 Å². The van der Waals surface area contributed by atoms with Gasteiger partial charge in [0.15, 0.2) is 5.78 Å². The average molecular weight is 238 g/mol. The molecule has 4 heteroatoms. The summed E-state index contributed by atoms with van der Waals surface area (Å²) >= 11 is 0. The lowest BCUT2D eigenvalue weighted by Crippen LogP contribution is -2.10. The molecule has 0 unspecified atom stereocenters. The van der Waals surface area contributed by atoms with Gasteiger partial charge in [-0.15, -0.1) is 0 Å². The summed E-state index contributed by atoms with van der Waals surface area (Å²) in [5.41, 5.74) is 3.10. The van der Waals surface area contributed by atoms with Crippen molar-refractivity contribution in [2.24, 2.45) is 0 Å². The molecule has 0 saturated heterocycles. The van der Waals surface area contributed by atoms with E-state index in [2.05, 4.69) is 10.3 Å². The van der Waals surface area contributed by atoms with Gasteiger partial charge in [0.05, 0.1) is 16.9 Å². The van der Waals surface area contributed by atoms with Crippen LogP contribution in [0.2, 0.25) is 0 Å². The molecule has 1 amide bonds. The molecule has 0 radical (unpaired) electrons. The third-order valence-corrected chi connectivity index (χ3v) is 2.92. The van der Waals surface area contributed by atoms with Crippen LogP contribution in [0.4, 0.5) is 5.69 Å². The Morgan fingerprint density at radius 3 is 2.61 bits per heavy atom. The lowest BCUT2D eigenvalue weighted by molar-refractivity contribution is -0.114. The van der Waals surface area contributed by atoms with E-state index >= 15 is 0 Å². The van der Waals surface area contributed by atoms with Gasteiger partial charge in [-0.05, 0) is 6.07 Å². The van der Waals surface area contributed by atoms with E-state index in [1.807, 2.05) is 18.2 Å². The summed E-state index contributed by atoms with van der Waals surface area (Å²) in [4.78, 5) is 27.7. The molecule has 88 valence electrons. The van der Waals surface area contributed by atoms with Gasteiger partial charge in [-0.3, -0.25) is 14.6 Å². The molecule has 1 aliphatic rings. The zero-order valence-electron chi connectivity index (χ0n) is 9.73. The first-order valence-electron chi connectivity index (χ1n) is 5.59. The Morgan fingerprint density at radius 2 is 1.89 bits per heavy atom. The number of nitrogens with one attached hydrogen (secondary N) is 1. The summed E-state index contributed by atoms with van der Waals surface area (Å²) in [7, 11) is 0. The molecule has 3 rings (SSSR count). The lowest BCUT2D eigenvalue weighted by Gasteiger charge is -2.06. The highest BCUT2D eigenvalue weighted by Crippen LogP contribution is 2.38. The van der Waals surface area contributed by atoms with E-state index in [4.69, 9.17) is 0 Å². The molecule has 1 aromatic carbocycles. The van der Waals surface area contributed by atoms with Crippen molar-refractivity contribution in [2.45, 2.75) is 6.92 Å². The second-order valence-electron chi connectivity index (χ2n) is 4.14. The number of carbonyl (C=O) groups excluding carboxylic acids is 2. The van der Waals surface area contributed by atoms with Gasteiger partial charge in [0.25, 0.3) is 0 Å². The Kier molecular flexibility index (Phi) is 2.23. The number of pyridine rings is 1. The second-order valence-corrected chi connectivity index (χ2v) is 4.14. The van der Waals surface area contributed by atoms with Gasteiger partial charge in [0.2, 0.25) is 5.91 Å². The molecule has 1 heterocycles. The average Bonchev–Trinajstić information content (AvgIpc) is 2.65. The standard InChI is InChI=1S/C14H10N2O2/c1-8(17)16-11-6-7-15-13-9-4-2-3-5-10(9)14(18)12(11)13/h2-7H,1H3,(H,15,16,17). The highest BCUT2D eigenvalue weighted by atomic mass is 16.1. The van der Waals surface area contributed by atoms with Gasteiger partial charge in [0, 0.05) is 24.2 Å². The number of rotatable bonds is 1. The zero-order valence-corrected chi connectivity index (χ0v) is 9.73. The van der Waals surface area contributed by atoms with Gasteiger partial charge in [-0.1, -0.05) is 24.3 Å². The van der Waals surface area contributed by atoms with Crippen molar-refractivity contribution in [3.8, 4) is 11.3 Å². The van der Waals surface area contributed by atoms with E-state index in [0.29, 0.717) is 22.5 Å². The van der Waals surface area contributed by atoms with E-state index in [0.717, 1.165) is 5.56 Å². The van der Waals surface area contributed by atoms with E-state index in [-0.39, 0.29) is 11.7 Å². The topological polar surface area (TPSA) is 59.1 Å². The van der Waals surface area contributed by atoms with Gasteiger partial charge in [-0.25, -0.2) is 0 Å². The predicted octanol–water partition coefficient (Wildman–Crippen LogP) is 2.25. The van der Waals surface area contributed by atoms with E-state index in [1.165, 1.54) is 6.92 Å². The van der Waals surface area contributed by atoms with E-state index in [9.17, 15) is 9.59 Å². The van der Waals surface area contributed by atoms with E-state index < -0.39 is 0 Å². The highest BCUT2D eigenvalue weighted by Gasteiger charge is 2.30. The van der Waals surface area contributed by atoms with Gasteiger partial charge in [0.1, 0.15) is 0 Å². The fourth-order valence-electron chi connectivity index (χ4n) is 2.21. The fourth-order valence-corrected chi connectivity index (χ4v) is 2.21. The monoisotopic (exact) mass is 238 g/mol. The van der Waals surface area contributed by atoms with Crippen molar-refractivity contribution >= 4 is 17.4 Å². The smallest absolute Gasteiger partial charge is 0.221 e. The largest absolute Gasteiger partial charge is 0.326 e. The summed E-state index contributed by atoms with van der Waals surface area (Å²) in [6.45, 7) is 1.42. The maximum absolute atomic E-state index is 12.3. The number of hydrogen-bond donors (Lipinski definition) is 1. The molecule has 1 aliphatic carbocycles. The molecule has 0 saturated carbocycles. The van der Waals surface area contributed by atoms with Crippen molar-refractivity contribution in [1.29, 1.82) is 0 Å². The molecule has 0 aliphatic heterocycles. The molecule has 1 N–H and O–H groups in total. The lowest BCUT2D eigenvalue weighted by atomic mass is 10.1. The maximum atomic E-state index is 12.3. The van der Waals surface area contributed by atoms with Crippen molar-refractivity contribution in [1.82, 2.24) is 4.98 Å². The molecule has 4 nitrogen and oxygen atoms in total. The van der Waals surface area contributed by atoms with Gasteiger partial charge >= 0.3 is 0 Å². The van der Waals surface area contributed by atoms with Crippen LogP contribution in [0.1, 0.15) is 22.8 Å². The normalized spacial score (nSPS) is 11.9. The number of nitrogens with zero attached hydrogens (tertiary/aromatic N) is 1. The molecule has 0 atom stereocenters. The molecular formula is C14H10N2O2. The minimum atomic E-state index is -0.202. The first-order valence-corrected chi connectivity index (χ1v) is 5.59. The first kappa shape index (κ1) is 10.7. The van der Waals surface area contributed by atoms with Crippen molar-refractivity contribution in [2.75, 3.05) is 5.32 Å². The third kappa shape index (κ3) is 1.43. The van der Waals surface area contributed by atoms with Gasteiger partial charge < -0.3 is 5.32 Å². The number of aromatic nitrogens is 1. The summed E-state index contributed by atoms with van der Waals surface area (Å²) in [5, 5.41) is 2.67. The molecule has 2 aromatic rings. The molecule has 0 fully saturated rings. The van der Waals surface area contributed by atoms with Crippen molar-refractivity contribution in [3.63, 3.8) is 0 Å². The summed E-state index contributed by atoms with van der Waals surface area (Å²) in [6, 6.07) is 8.97. The van der Waals surface area contributed by atoms with Crippen molar-refractivity contribution < 1.29 is 9.59 Å². The molecular weight excluding hydrogens is 228 g/mol. The van der Waals surface area contributed by atoms with Crippen LogP contribution >= 0.6 is 0 Å². The Hall–Kier alpha value is -2.49. The predicted molar refractivity (Wildman–Crippen MR) is 67.4 cm³/mol. The minimum absolute atomic E-state index is 0.0857. The SMILES string of the molecule is CC(=O)Nc1ccnc2c1C(=O)c1ccccc1-2. The first-order chi connectivity index (χ1) is 8.68. The van der Waals surface area contributed by atoms with E-state index in [1.54, 1.807) is 18.3 Å². The summed E-state index contributed by atoms with van der Waals surface area (Å²) in [5.74, 6) is -0.287. The Morgan fingerprint density at radius 1 is 1.17 bits per heavy atom. The van der Waals surface area contributed by atoms with Crippen LogP contribution in [-0.4, -0.2) is 16.7 Å². The number of carbonyl (C=O) groups is 2. The van der Waals surface area contributed by atoms with Crippen LogP contribution in [0.15, 0.2) is 36.5 Å². The van der Waals surface area contributed by atoms with Gasteiger partial charge in [-0.2, -0.15) is 0 Å². The van der Waals surface area contributed by atoms with Crippen molar-refractivity contribution in [3.05, 3.63) is 47.7 Å².